The molecular formula is C34H51N3O4. The molecule has 2 rings (SSSR count). The number of hydrogen-bond donors (Lipinski definition) is 2. The highest BCUT2D eigenvalue weighted by atomic mass is 16.6. The van der Waals surface area contributed by atoms with Gasteiger partial charge < -0.3 is 20.3 Å². The second-order valence-corrected chi connectivity index (χ2v) is 13.2. The Morgan fingerprint density at radius 3 is 2.00 bits per heavy atom. The standard InChI is InChI=1S/C34H51N3O4/c1-13-34(11,12)37(31(39)27(19-21(2)3)35-32(40)41-33(8,9)10)29(26-20-22(4)17-18-23(26)5)30(38)36-28-24(6)15-14-16-25(28)7/h14-18,20-21,27,29H,13,19H2,1-12H3,(H,35,40)(H,36,38). The van der Waals surface area contributed by atoms with Gasteiger partial charge in [-0.05, 0) is 103 Å². The third-order valence-corrected chi connectivity index (χ3v) is 7.42. The Morgan fingerprint density at radius 1 is 0.902 bits per heavy atom. The first-order valence-corrected chi connectivity index (χ1v) is 14.6. The van der Waals surface area contributed by atoms with Gasteiger partial charge in [-0.3, -0.25) is 9.59 Å². The minimum Gasteiger partial charge on any atom is -0.444 e. The van der Waals surface area contributed by atoms with E-state index in [1.165, 1.54) is 0 Å². The number of anilines is 1. The van der Waals surface area contributed by atoms with E-state index < -0.39 is 29.3 Å². The molecule has 2 aromatic carbocycles. The number of amides is 3. The van der Waals surface area contributed by atoms with Crippen LogP contribution in [0.2, 0.25) is 0 Å². The molecule has 7 heteroatoms. The van der Waals surface area contributed by atoms with E-state index in [-0.39, 0.29) is 17.7 Å². The lowest BCUT2D eigenvalue weighted by molar-refractivity contribution is -0.148. The number of ether oxygens (including phenoxy) is 1. The third-order valence-electron chi connectivity index (χ3n) is 7.42. The molecule has 2 N–H and O–H groups in total. The average molecular weight is 566 g/mol. The van der Waals surface area contributed by atoms with Crippen molar-refractivity contribution >= 4 is 23.6 Å². The van der Waals surface area contributed by atoms with Crippen LogP contribution < -0.4 is 10.6 Å². The van der Waals surface area contributed by atoms with Crippen molar-refractivity contribution in [3.8, 4) is 0 Å². The van der Waals surface area contributed by atoms with E-state index in [1.807, 2.05) is 98.7 Å². The van der Waals surface area contributed by atoms with Crippen molar-refractivity contribution in [2.24, 2.45) is 5.92 Å². The van der Waals surface area contributed by atoms with E-state index in [0.29, 0.717) is 12.8 Å². The Kier molecular flexibility index (Phi) is 11.2. The Balaban J connectivity index is 2.75. The first kappa shape index (κ1) is 33.9. The number of alkyl carbamates (subject to hydrolysis) is 1. The summed E-state index contributed by atoms with van der Waals surface area (Å²) in [6.45, 7) is 23.1. The number of nitrogens with one attached hydrogen (secondary N) is 2. The molecule has 0 aromatic heterocycles. The van der Waals surface area contributed by atoms with E-state index >= 15 is 0 Å². The minimum absolute atomic E-state index is 0.105. The van der Waals surface area contributed by atoms with Crippen LogP contribution in [-0.2, 0) is 14.3 Å². The highest BCUT2D eigenvalue weighted by Crippen LogP contribution is 2.36. The summed E-state index contributed by atoms with van der Waals surface area (Å²) in [6, 6.07) is 10.0. The van der Waals surface area contributed by atoms with Gasteiger partial charge in [0.15, 0.2) is 0 Å². The van der Waals surface area contributed by atoms with Crippen LogP contribution in [-0.4, -0.2) is 40.0 Å². The molecule has 0 aliphatic carbocycles. The zero-order chi connectivity index (χ0) is 31.3. The van der Waals surface area contributed by atoms with Crippen molar-refractivity contribution in [2.45, 2.75) is 119 Å². The van der Waals surface area contributed by atoms with Gasteiger partial charge in [0.05, 0.1) is 0 Å². The summed E-state index contributed by atoms with van der Waals surface area (Å²) in [6.07, 6.45) is 0.332. The second-order valence-electron chi connectivity index (χ2n) is 13.2. The second kappa shape index (κ2) is 13.5. The van der Waals surface area contributed by atoms with Crippen molar-refractivity contribution in [3.63, 3.8) is 0 Å². The molecule has 2 atom stereocenters. The van der Waals surface area contributed by atoms with Crippen molar-refractivity contribution in [3.05, 3.63) is 64.2 Å². The van der Waals surface area contributed by atoms with Crippen LogP contribution >= 0.6 is 0 Å². The number of rotatable bonds is 10. The Labute approximate surface area is 247 Å². The fourth-order valence-corrected chi connectivity index (χ4v) is 4.91. The Morgan fingerprint density at radius 2 is 1.49 bits per heavy atom. The van der Waals surface area contributed by atoms with Crippen molar-refractivity contribution in [2.75, 3.05) is 5.32 Å². The number of hydrogen-bond acceptors (Lipinski definition) is 4. The zero-order valence-corrected chi connectivity index (χ0v) is 27.2. The number of carbonyl (C=O) groups excluding carboxylic acids is 3. The maximum atomic E-state index is 14.7. The third kappa shape index (κ3) is 9.07. The molecule has 2 unspecified atom stereocenters. The number of para-hydroxylation sites is 1. The predicted octanol–water partition coefficient (Wildman–Crippen LogP) is 7.56. The van der Waals surface area contributed by atoms with Gasteiger partial charge in [-0.1, -0.05) is 62.7 Å². The van der Waals surface area contributed by atoms with Gasteiger partial charge in [0.2, 0.25) is 5.91 Å². The summed E-state index contributed by atoms with van der Waals surface area (Å²) in [4.78, 5) is 43.7. The lowest BCUT2D eigenvalue weighted by atomic mass is 9.89. The van der Waals surface area contributed by atoms with Crippen LogP contribution in [0.5, 0.6) is 0 Å². The van der Waals surface area contributed by atoms with E-state index in [0.717, 1.165) is 33.5 Å². The quantitative estimate of drug-likeness (QED) is 0.311. The summed E-state index contributed by atoms with van der Waals surface area (Å²) >= 11 is 0. The molecule has 226 valence electrons. The molecule has 0 saturated heterocycles. The monoisotopic (exact) mass is 565 g/mol. The molecule has 3 amide bonds. The summed E-state index contributed by atoms with van der Waals surface area (Å²) < 4.78 is 5.52. The Bertz CT molecular complexity index is 1220. The minimum atomic E-state index is -0.938. The molecule has 0 fully saturated rings. The van der Waals surface area contributed by atoms with E-state index in [4.69, 9.17) is 4.74 Å². The summed E-state index contributed by atoms with van der Waals surface area (Å²) in [5, 5.41) is 6.00. The number of benzene rings is 2. The SMILES string of the molecule is CCC(C)(C)N(C(=O)C(CC(C)C)NC(=O)OC(C)(C)C)C(C(=O)Nc1c(C)cccc1C)c1cc(C)ccc1C. The molecule has 7 nitrogen and oxygen atoms in total. The van der Waals surface area contributed by atoms with Crippen LogP contribution in [0, 0.1) is 33.6 Å². The zero-order valence-electron chi connectivity index (χ0n) is 27.2. The van der Waals surface area contributed by atoms with Gasteiger partial charge >= 0.3 is 6.09 Å². The smallest absolute Gasteiger partial charge is 0.408 e. The van der Waals surface area contributed by atoms with Crippen LogP contribution in [0.15, 0.2) is 36.4 Å². The summed E-state index contributed by atoms with van der Waals surface area (Å²) in [5.41, 5.74) is 3.82. The highest BCUT2D eigenvalue weighted by Gasteiger charge is 2.44. The fraction of sp³-hybridized carbons (Fsp3) is 0.559. The molecule has 2 aromatic rings. The maximum Gasteiger partial charge on any atom is 0.408 e. The molecule has 0 radical (unpaired) electrons. The molecule has 0 bridgehead atoms. The first-order valence-electron chi connectivity index (χ1n) is 14.6. The molecule has 0 heterocycles. The molecule has 41 heavy (non-hydrogen) atoms. The molecule has 0 spiro atoms. The van der Waals surface area contributed by atoms with Crippen LogP contribution in [0.25, 0.3) is 0 Å². The number of nitrogens with zero attached hydrogens (tertiary/aromatic N) is 1. The lowest BCUT2D eigenvalue weighted by Crippen LogP contribution is -2.59. The van der Waals surface area contributed by atoms with Gasteiger partial charge in [0.25, 0.3) is 5.91 Å². The number of aryl methyl sites for hydroxylation is 4. The normalized spacial score (nSPS) is 13.4. The highest BCUT2D eigenvalue weighted by molar-refractivity contribution is 6.00. The van der Waals surface area contributed by atoms with Gasteiger partial charge in [-0.2, -0.15) is 0 Å². The predicted molar refractivity (Wildman–Crippen MR) is 167 cm³/mol. The van der Waals surface area contributed by atoms with Crippen LogP contribution in [0.1, 0.15) is 102 Å². The van der Waals surface area contributed by atoms with Gasteiger partial charge in [-0.25, -0.2) is 4.79 Å². The fourth-order valence-electron chi connectivity index (χ4n) is 4.91. The van der Waals surface area contributed by atoms with Gasteiger partial charge in [-0.15, -0.1) is 0 Å². The largest absolute Gasteiger partial charge is 0.444 e. The van der Waals surface area contributed by atoms with E-state index in [9.17, 15) is 14.4 Å². The molecule has 0 aliphatic heterocycles. The lowest BCUT2D eigenvalue weighted by Gasteiger charge is -2.45. The summed E-state index contributed by atoms with van der Waals surface area (Å²) in [5.74, 6) is -0.515. The van der Waals surface area contributed by atoms with Gasteiger partial charge in [0.1, 0.15) is 17.7 Å². The van der Waals surface area contributed by atoms with Gasteiger partial charge in [0, 0.05) is 11.2 Å². The van der Waals surface area contributed by atoms with Crippen molar-refractivity contribution in [1.82, 2.24) is 10.2 Å². The number of carbonyl (C=O) groups is 3. The van der Waals surface area contributed by atoms with Crippen LogP contribution in [0.4, 0.5) is 10.5 Å². The molecule has 0 saturated carbocycles. The molecular weight excluding hydrogens is 514 g/mol. The van der Waals surface area contributed by atoms with E-state index in [2.05, 4.69) is 10.6 Å². The maximum absolute atomic E-state index is 14.7. The van der Waals surface area contributed by atoms with Crippen molar-refractivity contribution < 1.29 is 19.1 Å². The topological polar surface area (TPSA) is 87.7 Å². The average Bonchev–Trinajstić information content (AvgIpc) is 2.84. The van der Waals surface area contributed by atoms with E-state index in [1.54, 1.807) is 25.7 Å². The first-order chi connectivity index (χ1) is 18.9. The summed E-state index contributed by atoms with van der Waals surface area (Å²) in [7, 11) is 0. The van der Waals surface area contributed by atoms with Crippen LogP contribution in [0.3, 0.4) is 0 Å². The molecule has 0 aliphatic rings. The van der Waals surface area contributed by atoms with Crippen molar-refractivity contribution in [1.29, 1.82) is 0 Å². The Hall–Kier alpha value is -3.35.